The summed E-state index contributed by atoms with van der Waals surface area (Å²) in [5.74, 6) is 0.681. The van der Waals surface area contributed by atoms with E-state index in [1.54, 1.807) is 36.1 Å². The van der Waals surface area contributed by atoms with Crippen molar-refractivity contribution >= 4 is 33.7 Å². The van der Waals surface area contributed by atoms with Crippen molar-refractivity contribution in [2.45, 2.75) is 26.1 Å². The zero-order chi connectivity index (χ0) is 21.6. The van der Waals surface area contributed by atoms with Crippen molar-refractivity contribution in [3.8, 4) is 22.0 Å². The van der Waals surface area contributed by atoms with E-state index >= 15 is 0 Å². The standard InChI is InChI=1S/C21H15F3N4OS2/c1-12-19-13(21(22,23)24)10-14(17-5-3-9-30-17)26-20(19)28(27-12)7-6-18-25-15(11-31-18)16-4-2-8-29-16/h2-5,8-11H,6-7H2,1H3. The van der Waals surface area contributed by atoms with Crippen LogP contribution >= 0.6 is 22.7 Å². The summed E-state index contributed by atoms with van der Waals surface area (Å²) >= 11 is 2.83. The molecular weight excluding hydrogens is 445 g/mol. The minimum Gasteiger partial charge on any atom is -0.463 e. The Hall–Kier alpha value is -2.98. The maximum Gasteiger partial charge on any atom is 0.417 e. The number of rotatable bonds is 5. The average Bonchev–Trinajstić information content (AvgIpc) is 3.52. The number of hydrogen-bond acceptors (Lipinski definition) is 6. The smallest absolute Gasteiger partial charge is 0.417 e. The van der Waals surface area contributed by atoms with Gasteiger partial charge in [-0.15, -0.1) is 22.7 Å². The summed E-state index contributed by atoms with van der Waals surface area (Å²) in [6.45, 7) is 1.95. The fourth-order valence-electron chi connectivity index (χ4n) is 3.45. The maximum atomic E-state index is 13.8. The number of pyridine rings is 1. The number of furan rings is 1. The van der Waals surface area contributed by atoms with Gasteiger partial charge in [0.15, 0.2) is 11.4 Å². The molecule has 5 aromatic rings. The molecule has 31 heavy (non-hydrogen) atoms. The molecule has 0 radical (unpaired) electrons. The second-order valence-electron chi connectivity index (χ2n) is 6.89. The molecule has 5 aromatic heterocycles. The largest absolute Gasteiger partial charge is 0.463 e. The van der Waals surface area contributed by atoms with E-state index in [0.717, 1.165) is 16.8 Å². The Balaban J connectivity index is 1.52. The molecule has 5 nitrogen and oxygen atoms in total. The number of fused-ring (bicyclic) bond motifs is 1. The van der Waals surface area contributed by atoms with Crippen LogP contribution in [0.15, 0.2) is 51.8 Å². The lowest BCUT2D eigenvalue weighted by molar-refractivity contribution is -0.136. The van der Waals surface area contributed by atoms with Gasteiger partial charge in [0.05, 0.1) is 38.5 Å². The molecule has 0 spiro atoms. The lowest BCUT2D eigenvalue weighted by Gasteiger charge is -2.11. The zero-order valence-corrected chi connectivity index (χ0v) is 17.8. The number of thiophene rings is 1. The summed E-state index contributed by atoms with van der Waals surface area (Å²) < 4.78 is 48.4. The van der Waals surface area contributed by atoms with Gasteiger partial charge >= 0.3 is 6.18 Å². The Morgan fingerprint density at radius 3 is 2.68 bits per heavy atom. The normalized spacial score (nSPS) is 12.1. The van der Waals surface area contributed by atoms with Crippen LogP contribution in [0.5, 0.6) is 0 Å². The van der Waals surface area contributed by atoms with Crippen molar-refractivity contribution in [3.63, 3.8) is 0 Å². The highest BCUT2D eigenvalue weighted by Gasteiger charge is 2.35. The van der Waals surface area contributed by atoms with E-state index in [4.69, 9.17) is 4.42 Å². The minimum absolute atomic E-state index is 0.0446. The highest BCUT2D eigenvalue weighted by Crippen LogP contribution is 2.38. The topological polar surface area (TPSA) is 56.7 Å². The van der Waals surface area contributed by atoms with Crippen molar-refractivity contribution in [2.75, 3.05) is 0 Å². The monoisotopic (exact) mass is 460 g/mol. The van der Waals surface area contributed by atoms with Crippen molar-refractivity contribution in [3.05, 3.63) is 63.6 Å². The van der Waals surface area contributed by atoms with Crippen molar-refractivity contribution in [2.24, 2.45) is 0 Å². The second-order valence-corrected chi connectivity index (χ2v) is 8.78. The first-order valence-electron chi connectivity index (χ1n) is 9.37. The van der Waals surface area contributed by atoms with Crippen LogP contribution in [-0.2, 0) is 19.1 Å². The fraction of sp³-hybridized carbons (Fsp3) is 0.190. The molecule has 158 valence electrons. The zero-order valence-electron chi connectivity index (χ0n) is 16.2. The molecule has 0 saturated heterocycles. The van der Waals surface area contributed by atoms with E-state index in [2.05, 4.69) is 15.1 Å². The first-order valence-corrected chi connectivity index (χ1v) is 11.1. The lowest BCUT2D eigenvalue weighted by atomic mass is 10.1. The highest BCUT2D eigenvalue weighted by atomic mass is 32.1. The SMILES string of the molecule is Cc1nn(CCc2nc(-c3ccco3)cs2)c2nc(-c3cccs3)cc(C(F)(F)F)c12. The van der Waals surface area contributed by atoms with Crippen molar-refractivity contribution in [1.82, 2.24) is 19.7 Å². The molecule has 0 bridgehead atoms. The number of thiazole rings is 1. The maximum absolute atomic E-state index is 13.8. The second kappa shape index (κ2) is 7.61. The molecule has 0 aromatic carbocycles. The third kappa shape index (κ3) is 3.77. The lowest BCUT2D eigenvalue weighted by Crippen LogP contribution is -2.08. The number of nitrogens with zero attached hydrogens (tertiary/aromatic N) is 4. The van der Waals surface area contributed by atoms with E-state index in [0.29, 0.717) is 35.0 Å². The molecule has 5 rings (SSSR count). The van der Waals surface area contributed by atoms with Gasteiger partial charge in [0, 0.05) is 18.3 Å². The first-order chi connectivity index (χ1) is 14.9. The number of halogens is 3. The van der Waals surface area contributed by atoms with E-state index in [1.807, 2.05) is 16.8 Å². The molecule has 0 N–H and O–H groups in total. The Morgan fingerprint density at radius 1 is 1.10 bits per heavy atom. The van der Waals surface area contributed by atoms with Crippen LogP contribution in [-0.4, -0.2) is 19.7 Å². The molecule has 0 unspecified atom stereocenters. The van der Waals surface area contributed by atoms with Crippen molar-refractivity contribution < 1.29 is 17.6 Å². The van der Waals surface area contributed by atoms with Gasteiger partial charge in [-0.1, -0.05) is 6.07 Å². The van der Waals surface area contributed by atoms with Crippen LogP contribution in [0.2, 0.25) is 0 Å². The van der Waals surface area contributed by atoms with Gasteiger partial charge in [-0.05, 0) is 36.6 Å². The fourth-order valence-corrected chi connectivity index (χ4v) is 4.91. The number of hydrogen-bond donors (Lipinski definition) is 0. The molecule has 5 heterocycles. The predicted octanol–water partition coefficient (Wildman–Crippen LogP) is 6.45. The molecule has 0 saturated carbocycles. The summed E-state index contributed by atoms with van der Waals surface area (Å²) in [7, 11) is 0. The van der Waals surface area contributed by atoms with E-state index in [9.17, 15) is 13.2 Å². The summed E-state index contributed by atoms with van der Waals surface area (Å²) in [5.41, 5.74) is 0.870. The Morgan fingerprint density at radius 2 is 1.97 bits per heavy atom. The summed E-state index contributed by atoms with van der Waals surface area (Å²) in [6, 6.07) is 8.29. The number of alkyl halides is 3. The average molecular weight is 461 g/mol. The quantitative estimate of drug-likeness (QED) is 0.303. The Bertz CT molecular complexity index is 1340. The van der Waals surface area contributed by atoms with Gasteiger partial charge in [-0.2, -0.15) is 18.3 Å². The van der Waals surface area contributed by atoms with Gasteiger partial charge in [0.25, 0.3) is 0 Å². The van der Waals surface area contributed by atoms with E-state index < -0.39 is 11.7 Å². The van der Waals surface area contributed by atoms with Crippen LogP contribution in [0.1, 0.15) is 16.3 Å². The van der Waals surface area contributed by atoms with Crippen molar-refractivity contribution in [1.29, 1.82) is 0 Å². The molecule has 0 aliphatic heterocycles. The van der Waals surface area contributed by atoms with Gasteiger partial charge < -0.3 is 4.42 Å². The number of aromatic nitrogens is 4. The molecule has 10 heteroatoms. The number of aryl methyl sites for hydroxylation is 3. The molecule has 0 amide bonds. The molecule has 0 aliphatic rings. The van der Waals surface area contributed by atoms with Crippen LogP contribution in [0.25, 0.3) is 33.1 Å². The van der Waals surface area contributed by atoms with Gasteiger partial charge in [-0.3, -0.25) is 0 Å². The summed E-state index contributed by atoms with van der Waals surface area (Å²) in [4.78, 5) is 9.79. The molecule has 0 fully saturated rings. The van der Waals surface area contributed by atoms with Crippen LogP contribution in [0, 0.1) is 6.92 Å². The minimum atomic E-state index is -4.50. The van der Waals surface area contributed by atoms with Crippen LogP contribution in [0.4, 0.5) is 13.2 Å². The Labute approximate surface area is 182 Å². The summed E-state index contributed by atoms with van der Waals surface area (Å²) in [5, 5.41) is 8.98. The van der Waals surface area contributed by atoms with Gasteiger partial charge in [-0.25, -0.2) is 14.6 Å². The van der Waals surface area contributed by atoms with Gasteiger partial charge in [0.2, 0.25) is 0 Å². The van der Waals surface area contributed by atoms with E-state index in [-0.39, 0.29) is 11.0 Å². The summed E-state index contributed by atoms with van der Waals surface area (Å²) in [6.07, 6.45) is -2.39. The molecule has 0 aliphatic carbocycles. The third-order valence-corrected chi connectivity index (χ3v) is 6.62. The Kier molecular flexibility index (Phi) is 4.90. The predicted molar refractivity (Wildman–Crippen MR) is 114 cm³/mol. The van der Waals surface area contributed by atoms with Gasteiger partial charge in [0.1, 0.15) is 5.69 Å². The third-order valence-electron chi connectivity index (χ3n) is 4.82. The molecule has 0 atom stereocenters. The molecular formula is C21H15F3N4OS2. The highest BCUT2D eigenvalue weighted by molar-refractivity contribution is 7.13. The van der Waals surface area contributed by atoms with Crippen LogP contribution in [0.3, 0.4) is 0 Å². The van der Waals surface area contributed by atoms with E-state index in [1.165, 1.54) is 22.7 Å². The van der Waals surface area contributed by atoms with Crippen LogP contribution < -0.4 is 0 Å². The first kappa shape index (κ1) is 20.0.